The zero-order valence-corrected chi connectivity index (χ0v) is 8.04. The maximum atomic E-state index is 7.17. The molecule has 11 N–H and O–H groups in total. The van der Waals surface area contributed by atoms with Crippen LogP contribution in [0.15, 0.2) is 0 Å². The first-order valence-corrected chi connectivity index (χ1v) is 0.775. The van der Waals surface area contributed by atoms with Crippen LogP contribution in [0.25, 0.3) is 0 Å². The molecular formula is H11BKO7+. The topological polar surface area (TPSA) is 187 Å². The molecule has 7 nitrogen and oxygen atoms in total. The van der Waals surface area contributed by atoms with E-state index in [0.29, 0.717) is 0 Å². The van der Waals surface area contributed by atoms with Crippen LogP contribution in [0.5, 0.6) is 0 Å². The molecule has 0 bridgehead atoms. The Morgan fingerprint density at radius 2 is 0.667 bits per heavy atom. The molecule has 0 fully saturated rings. The fourth-order valence-corrected chi connectivity index (χ4v) is 0. The van der Waals surface area contributed by atoms with Gasteiger partial charge in [-0.25, -0.2) is 0 Å². The molecule has 0 aromatic carbocycles. The van der Waals surface area contributed by atoms with Gasteiger partial charge in [0.05, 0.1) is 0 Å². The minimum Gasteiger partial charge on any atom is -0.412 e. The van der Waals surface area contributed by atoms with E-state index in [-0.39, 0.29) is 73.3 Å². The van der Waals surface area contributed by atoms with E-state index in [1.54, 1.807) is 0 Å². The smallest absolute Gasteiger partial charge is 0.412 e. The van der Waals surface area contributed by atoms with Crippen LogP contribution in [0.1, 0.15) is 0 Å². The van der Waals surface area contributed by atoms with E-state index in [1.165, 1.54) is 0 Å². The minimum atomic E-state index is -2.17. The first-order chi connectivity index (χ1) is 1.73. The van der Waals surface area contributed by atoms with Gasteiger partial charge in [0.25, 0.3) is 0 Å². The molecule has 0 aromatic rings. The molecule has 9 heteroatoms. The van der Waals surface area contributed by atoms with E-state index in [1.807, 2.05) is 0 Å². The molecule has 0 saturated heterocycles. The van der Waals surface area contributed by atoms with Crippen LogP contribution in [0, 0.1) is 0 Å². The van der Waals surface area contributed by atoms with Crippen molar-refractivity contribution in [2.75, 3.05) is 0 Å². The Balaban J connectivity index is -0.00000000450. The molecule has 0 rings (SSSR count). The Bertz CT molecular complexity index is 13.6. The molecule has 0 aromatic heterocycles. The number of rotatable bonds is 0. The van der Waals surface area contributed by atoms with Gasteiger partial charge in [-0.15, -0.1) is 0 Å². The summed E-state index contributed by atoms with van der Waals surface area (Å²) < 4.78 is 0. The zero-order valence-electron chi connectivity index (χ0n) is 4.92. The SMILES string of the molecule is O.O.O.O.OB(O)O.[K+]. The molecule has 0 atom stereocenters. The van der Waals surface area contributed by atoms with Crippen LogP contribution in [-0.2, 0) is 0 Å². The summed E-state index contributed by atoms with van der Waals surface area (Å²) in [5, 5.41) is 21.5. The summed E-state index contributed by atoms with van der Waals surface area (Å²) in [6.07, 6.45) is 0. The van der Waals surface area contributed by atoms with E-state index < -0.39 is 7.32 Å². The van der Waals surface area contributed by atoms with E-state index in [9.17, 15) is 0 Å². The quantitative estimate of drug-likeness (QED) is 0.307. The third-order valence-electron chi connectivity index (χ3n) is 0. The first kappa shape index (κ1) is 47.3. The molecule has 0 heterocycles. The average molecular weight is 173 g/mol. The monoisotopic (exact) mass is 173 g/mol. The van der Waals surface area contributed by atoms with E-state index in [2.05, 4.69) is 0 Å². The Labute approximate surface area is 94.5 Å². The van der Waals surface area contributed by atoms with E-state index >= 15 is 0 Å². The summed E-state index contributed by atoms with van der Waals surface area (Å²) in [7, 11) is -2.17. The van der Waals surface area contributed by atoms with Crippen LogP contribution in [0.4, 0.5) is 0 Å². The van der Waals surface area contributed by atoms with Gasteiger partial charge < -0.3 is 37.0 Å². The van der Waals surface area contributed by atoms with Crippen molar-refractivity contribution in [2.24, 2.45) is 0 Å². The summed E-state index contributed by atoms with van der Waals surface area (Å²) in [6.45, 7) is 0. The third-order valence-corrected chi connectivity index (χ3v) is 0. The van der Waals surface area contributed by atoms with Gasteiger partial charge in [-0.3, -0.25) is 0 Å². The molecule has 0 radical (unpaired) electrons. The normalized spacial score (nSPS) is 3.00. The molecule has 0 spiro atoms. The van der Waals surface area contributed by atoms with Gasteiger partial charge >= 0.3 is 58.7 Å². The van der Waals surface area contributed by atoms with Gasteiger partial charge in [0.1, 0.15) is 0 Å². The van der Waals surface area contributed by atoms with Crippen molar-refractivity contribution in [1.29, 1.82) is 0 Å². The molecule has 0 amide bonds. The van der Waals surface area contributed by atoms with Crippen molar-refractivity contribution in [1.82, 2.24) is 0 Å². The predicted octanol–water partition coefficient (Wildman–Crippen LogP) is -8.35. The second kappa shape index (κ2) is 34.2. The third kappa shape index (κ3) is 257. The molecule has 0 aliphatic carbocycles. The van der Waals surface area contributed by atoms with E-state index in [4.69, 9.17) is 15.1 Å². The van der Waals surface area contributed by atoms with E-state index in [0.717, 1.165) is 0 Å². The van der Waals surface area contributed by atoms with Crippen LogP contribution < -0.4 is 51.4 Å². The van der Waals surface area contributed by atoms with Gasteiger partial charge in [-0.05, 0) is 0 Å². The van der Waals surface area contributed by atoms with Gasteiger partial charge in [0.15, 0.2) is 0 Å². The average Bonchev–Trinajstić information content (AvgIpc) is 0.811. The predicted molar refractivity (Wildman–Crippen MR) is 26.9 cm³/mol. The minimum absolute atomic E-state index is 0. The summed E-state index contributed by atoms with van der Waals surface area (Å²) in [5.41, 5.74) is 0. The van der Waals surface area contributed by atoms with Crippen LogP contribution >= 0.6 is 0 Å². The molecule has 56 valence electrons. The van der Waals surface area contributed by atoms with Crippen molar-refractivity contribution in [3.05, 3.63) is 0 Å². The molecular weight excluding hydrogens is 162 g/mol. The number of hydrogen-bond acceptors (Lipinski definition) is 3. The first-order valence-electron chi connectivity index (χ1n) is 0.775. The second-order valence-corrected chi connectivity index (χ2v) is 0.346. The Kier molecular flexibility index (Phi) is 180. The van der Waals surface area contributed by atoms with Crippen molar-refractivity contribution in [3.8, 4) is 0 Å². The molecule has 9 heavy (non-hydrogen) atoms. The fraction of sp³-hybridized carbons (Fsp3) is 0. The van der Waals surface area contributed by atoms with Gasteiger partial charge in [-0.2, -0.15) is 0 Å². The van der Waals surface area contributed by atoms with Crippen molar-refractivity contribution in [3.63, 3.8) is 0 Å². The van der Waals surface area contributed by atoms with Crippen molar-refractivity contribution < 1.29 is 88.4 Å². The maximum absolute atomic E-state index is 7.17. The standard InChI is InChI=1S/BH3O3.K.4H2O/c2-1(3)4;;;;;/h2-4H;;4*1H2/q;+1;;;;. The van der Waals surface area contributed by atoms with Crippen molar-refractivity contribution in [2.45, 2.75) is 0 Å². The van der Waals surface area contributed by atoms with Crippen LogP contribution in [-0.4, -0.2) is 44.3 Å². The zero-order chi connectivity index (χ0) is 3.58. The molecule has 0 aliphatic heterocycles. The summed E-state index contributed by atoms with van der Waals surface area (Å²) in [6, 6.07) is 0. The van der Waals surface area contributed by atoms with Crippen LogP contribution in [0.3, 0.4) is 0 Å². The summed E-state index contributed by atoms with van der Waals surface area (Å²) >= 11 is 0. The van der Waals surface area contributed by atoms with Crippen LogP contribution in [0.2, 0.25) is 0 Å². The second-order valence-electron chi connectivity index (χ2n) is 0.346. The molecule has 0 unspecified atom stereocenters. The van der Waals surface area contributed by atoms with Crippen molar-refractivity contribution >= 4 is 7.32 Å². The van der Waals surface area contributed by atoms with Gasteiger partial charge in [-0.1, -0.05) is 0 Å². The largest absolute Gasteiger partial charge is 1.00 e. The fourth-order valence-electron chi connectivity index (χ4n) is 0. The maximum Gasteiger partial charge on any atom is 1.00 e. The Hall–Kier alpha value is 1.42. The number of hydrogen-bond donors (Lipinski definition) is 3. The van der Waals surface area contributed by atoms with Gasteiger partial charge in [0.2, 0.25) is 0 Å². The molecule has 0 aliphatic rings. The summed E-state index contributed by atoms with van der Waals surface area (Å²) in [5.74, 6) is 0. The van der Waals surface area contributed by atoms with Gasteiger partial charge in [0, 0.05) is 0 Å². The molecule has 0 saturated carbocycles. The Morgan fingerprint density at radius 1 is 0.667 bits per heavy atom. The Morgan fingerprint density at radius 3 is 0.667 bits per heavy atom. The summed E-state index contributed by atoms with van der Waals surface area (Å²) in [4.78, 5) is 0.